The third-order valence-electron chi connectivity index (χ3n) is 7.28. The largest absolute Gasteiger partial charge is 0.478 e. The quantitative estimate of drug-likeness (QED) is 0.200. The molecular weight excluding hydrogens is 570 g/mol. The molecule has 6 rings (SSSR count). The first-order chi connectivity index (χ1) is 20.7. The van der Waals surface area contributed by atoms with Gasteiger partial charge < -0.3 is 19.1 Å². The normalized spacial score (nSPS) is 14.8. The molecule has 3 aromatic heterocycles. The van der Waals surface area contributed by atoms with E-state index in [0.29, 0.717) is 34.6 Å². The van der Waals surface area contributed by atoms with Crippen LogP contribution in [0.4, 0.5) is 17.6 Å². The lowest BCUT2D eigenvalue weighted by atomic mass is 10.0. The van der Waals surface area contributed by atoms with Gasteiger partial charge >= 0.3 is 12.5 Å². The van der Waals surface area contributed by atoms with Gasteiger partial charge in [-0.15, -0.1) is 0 Å². The number of pyridine rings is 1. The molecule has 0 spiro atoms. The van der Waals surface area contributed by atoms with E-state index >= 15 is 8.78 Å². The molecule has 1 fully saturated rings. The first kappa shape index (κ1) is 28.3. The van der Waals surface area contributed by atoms with Crippen molar-refractivity contribution < 1.29 is 36.9 Å². The molecule has 222 valence electrons. The molecule has 1 atom stereocenters. The predicted octanol–water partition coefficient (Wildman–Crippen LogP) is 5.93. The van der Waals surface area contributed by atoms with E-state index in [1.54, 1.807) is 16.7 Å². The van der Waals surface area contributed by atoms with Crippen LogP contribution in [0.2, 0.25) is 0 Å². The highest BCUT2D eigenvalue weighted by Crippen LogP contribution is 2.29. The topological polar surface area (TPSA) is 104 Å². The van der Waals surface area contributed by atoms with Crippen molar-refractivity contribution in [1.29, 1.82) is 0 Å². The Morgan fingerprint density at radius 3 is 2.63 bits per heavy atom. The van der Waals surface area contributed by atoms with Gasteiger partial charge in [-0.25, -0.2) is 28.5 Å². The summed E-state index contributed by atoms with van der Waals surface area (Å²) in [6.07, 6.45) is 1.87. The lowest BCUT2D eigenvalue weighted by molar-refractivity contribution is -0.0589. The number of halogens is 4. The van der Waals surface area contributed by atoms with Crippen molar-refractivity contribution in [1.82, 2.24) is 24.1 Å². The summed E-state index contributed by atoms with van der Waals surface area (Å²) in [5, 5.41) is 9.44. The summed E-state index contributed by atoms with van der Waals surface area (Å²) in [5.41, 5.74) is 1.54. The minimum atomic E-state index is -2.73. The zero-order valence-corrected chi connectivity index (χ0v) is 22.8. The van der Waals surface area contributed by atoms with E-state index in [1.807, 2.05) is 0 Å². The van der Waals surface area contributed by atoms with Crippen LogP contribution in [0, 0.1) is 18.6 Å². The molecule has 9 nitrogen and oxygen atoms in total. The van der Waals surface area contributed by atoms with Crippen molar-refractivity contribution >= 4 is 17.0 Å². The molecule has 1 N–H and O–H groups in total. The van der Waals surface area contributed by atoms with Gasteiger partial charge in [0.25, 0.3) is 0 Å². The summed E-state index contributed by atoms with van der Waals surface area (Å²) in [7, 11) is 0. The van der Waals surface area contributed by atoms with E-state index in [9.17, 15) is 18.7 Å². The minimum absolute atomic E-state index is 0.0475. The summed E-state index contributed by atoms with van der Waals surface area (Å²) in [4.78, 5) is 24.4. The number of carboxylic acids is 1. The highest BCUT2D eigenvalue weighted by atomic mass is 19.3. The second-order valence-electron chi connectivity index (χ2n) is 10.1. The summed E-state index contributed by atoms with van der Waals surface area (Å²) >= 11 is 0. The number of rotatable bonds is 10. The number of imidazole rings is 2. The van der Waals surface area contributed by atoms with E-state index < -0.39 is 24.2 Å². The van der Waals surface area contributed by atoms with E-state index in [0.717, 1.165) is 18.6 Å². The van der Waals surface area contributed by atoms with Crippen LogP contribution in [0.5, 0.6) is 5.88 Å². The Morgan fingerprint density at radius 2 is 1.93 bits per heavy atom. The summed E-state index contributed by atoms with van der Waals surface area (Å²) in [6.45, 7) is -0.409. The van der Waals surface area contributed by atoms with Crippen LogP contribution in [0.1, 0.15) is 46.2 Å². The Morgan fingerprint density at radius 1 is 1.12 bits per heavy atom. The molecule has 1 aliphatic heterocycles. The fourth-order valence-electron chi connectivity index (χ4n) is 4.98. The second-order valence-corrected chi connectivity index (χ2v) is 10.1. The van der Waals surface area contributed by atoms with Gasteiger partial charge in [0.1, 0.15) is 29.9 Å². The molecule has 13 heteroatoms. The Labute approximate surface area is 242 Å². The molecule has 1 saturated heterocycles. The number of fused-ring (bicyclic) bond motifs is 1. The molecule has 1 aliphatic rings. The molecule has 0 radical (unpaired) electrons. The number of benzene rings is 2. The number of aryl methyl sites for hydroxylation is 1. The van der Waals surface area contributed by atoms with Crippen molar-refractivity contribution in [3.05, 3.63) is 94.8 Å². The van der Waals surface area contributed by atoms with Gasteiger partial charge in [0.2, 0.25) is 5.88 Å². The highest BCUT2D eigenvalue weighted by molar-refractivity contribution is 5.92. The van der Waals surface area contributed by atoms with Gasteiger partial charge in [0.15, 0.2) is 0 Å². The number of hydrogen-bond donors (Lipinski definition) is 1. The average molecular weight is 596 g/mol. The zero-order chi connectivity index (χ0) is 30.2. The van der Waals surface area contributed by atoms with E-state index in [4.69, 9.17) is 9.47 Å². The maximum atomic E-state index is 15.4. The first-order valence-corrected chi connectivity index (χ1v) is 13.4. The zero-order valence-electron chi connectivity index (χ0n) is 22.8. The third kappa shape index (κ3) is 5.80. The summed E-state index contributed by atoms with van der Waals surface area (Å²) < 4.78 is 70.5. The molecule has 43 heavy (non-hydrogen) atoms. The van der Waals surface area contributed by atoms with E-state index in [1.165, 1.54) is 37.4 Å². The van der Waals surface area contributed by atoms with Crippen LogP contribution < -0.4 is 4.74 Å². The van der Waals surface area contributed by atoms with Gasteiger partial charge in [-0.3, -0.25) is 4.57 Å². The minimum Gasteiger partial charge on any atom is -0.478 e. The van der Waals surface area contributed by atoms with Crippen molar-refractivity contribution in [3.63, 3.8) is 0 Å². The fraction of sp³-hybridized carbons (Fsp3) is 0.267. The Hall–Kier alpha value is -4.78. The number of ether oxygens (including phenoxy) is 2. The van der Waals surface area contributed by atoms with Crippen LogP contribution in [-0.2, 0) is 24.3 Å². The summed E-state index contributed by atoms with van der Waals surface area (Å²) in [5.74, 6) is -1.83. The van der Waals surface area contributed by atoms with E-state index in [2.05, 4.69) is 15.0 Å². The van der Waals surface area contributed by atoms with Crippen molar-refractivity contribution in [3.8, 4) is 17.1 Å². The standard InChI is InChI=1S/C30H25F4N5O4/c1-16-35-19(13-38(16)30(33)34)15-43-28-4-2-3-24(37-28)21-12-22(31)18(9-23(21)32)11-27-36-25-6-5-17(29(40)41)10-26(25)39(27)14-20-7-8-42-20/h2-6,9-10,12-13,20,30H,7-8,11,14-15H2,1H3,(H,40,41). The van der Waals surface area contributed by atoms with Crippen LogP contribution in [0.25, 0.3) is 22.3 Å². The predicted molar refractivity (Wildman–Crippen MR) is 146 cm³/mol. The van der Waals surface area contributed by atoms with Crippen LogP contribution >= 0.6 is 0 Å². The Kier molecular flexibility index (Phi) is 7.57. The number of aromatic nitrogens is 5. The Balaban J connectivity index is 1.25. The average Bonchev–Trinajstić information content (AvgIpc) is 3.50. The van der Waals surface area contributed by atoms with Crippen molar-refractivity contribution in [2.45, 2.75) is 45.6 Å². The monoisotopic (exact) mass is 595 g/mol. The molecule has 0 aliphatic carbocycles. The fourth-order valence-corrected chi connectivity index (χ4v) is 4.98. The van der Waals surface area contributed by atoms with Gasteiger partial charge in [-0.2, -0.15) is 8.78 Å². The molecule has 4 heterocycles. The van der Waals surface area contributed by atoms with Gasteiger partial charge in [-0.05, 0) is 55.3 Å². The van der Waals surface area contributed by atoms with Gasteiger partial charge in [0, 0.05) is 30.9 Å². The number of hydrogen-bond acceptors (Lipinski definition) is 6. The smallest absolute Gasteiger partial charge is 0.335 e. The van der Waals surface area contributed by atoms with Crippen molar-refractivity contribution in [2.24, 2.45) is 0 Å². The van der Waals surface area contributed by atoms with Crippen LogP contribution in [0.15, 0.2) is 54.7 Å². The molecule has 1 unspecified atom stereocenters. The highest BCUT2D eigenvalue weighted by Gasteiger charge is 2.24. The number of aromatic carboxylic acids is 1. The van der Waals surface area contributed by atoms with Gasteiger partial charge in [-0.1, -0.05) is 6.07 Å². The first-order valence-electron chi connectivity index (χ1n) is 13.4. The van der Waals surface area contributed by atoms with Crippen molar-refractivity contribution in [2.75, 3.05) is 6.61 Å². The van der Waals surface area contributed by atoms with E-state index in [-0.39, 0.29) is 58.9 Å². The molecular formula is C30H25F4N5O4. The lowest BCUT2D eigenvalue weighted by Gasteiger charge is -2.27. The molecule has 0 amide bonds. The van der Waals surface area contributed by atoms with Crippen LogP contribution in [-0.4, -0.2) is 47.9 Å². The molecule has 2 aromatic carbocycles. The lowest BCUT2D eigenvalue weighted by Crippen LogP contribution is -2.31. The number of carbonyl (C=O) groups is 1. The van der Waals surface area contributed by atoms with Gasteiger partial charge in [0.05, 0.1) is 40.6 Å². The molecule has 0 saturated carbocycles. The second kappa shape index (κ2) is 11.5. The Bertz CT molecular complexity index is 1830. The van der Waals surface area contributed by atoms with Crippen LogP contribution in [0.3, 0.4) is 0 Å². The SMILES string of the molecule is Cc1nc(COc2cccc(-c3cc(F)c(Cc4nc5ccc(C(=O)O)cc5n4CC4CCO4)cc3F)n2)cn1C(F)F. The molecule has 0 bridgehead atoms. The maximum Gasteiger partial charge on any atom is 0.335 e. The third-order valence-corrected chi connectivity index (χ3v) is 7.28. The summed E-state index contributed by atoms with van der Waals surface area (Å²) in [6, 6.07) is 11.3. The number of alkyl halides is 2. The maximum absolute atomic E-state index is 15.4. The number of nitrogens with zero attached hydrogens (tertiary/aromatic N) is 5. The number of carboxylic acid groups (broad SMARTS) is 1. The molecule has 5 aromatic rings.